The summed E-state index contributed by atoms with van der Waals surface area (Å²) in [4.78, 5) is 13.1. The van der Waals surface area contributed by atoms with Gasteiger partial charge in [-0.15, -0.1) is 0 Å². The molecule has 0 radical (unpaired) electrons. The van der Waals surface area contributed by atoms with Gasteiger partial charge in [0.05, 0.1) is 11.2 Å². The van der Waals surface area contributed by atoms with Crippen molar-refractivity contribution < 1.29 is 0 Å². The second-order valence-electron chi connectivity index (χ2n) is 6.36. The highest BCUT2D eigenvalue weighted by Gasteiger charge is 2.11. The van der Waals surface area contributed by atoms with Crippen molar-refractivity contribution in [3.05, 3.63) is 78.9 Å². The molecule has 3 aromatic rings. The van der Waals surface area contributed by atoms with E-state index in [4.69, 9.17) is 11.6 Å². The predicted octanol–water partition coefficient (Wildman–Crippen LogP) is 6.13. The molecule has 3 rings (SSSR count). The molecule has 1 atom stereocenters. The van der Waals surface area contributed by atoms with Gasteiger partial charge in [-0.2, -0.15) is 0 Å². The number of aromatic nitrogens is 3. The number of nitrogens with one attached hydrogen (secondary N) is 2. The van der Waals surface area contributed by atoms with Crippen LogP contribution in [0.3, 0.4) is 0 Å². The van der Waals surface area contributed by atoms with Crippen molar-refractivity contribution in [2.24, 2.45) is 0 Å². The van der Waals surface area contributed by atoms with Crippen molar-refractivity contribution in [2.45, 2.75) is 13.0 Å². The average molecular weight is 424 g/mol. The maximum absolute atomic E-state index is 6.17. The van der Waals surface area contributed by atoms with Crippen molar-refractivity contribution in [2.75, 3.05) is 16.3 Å². The fourth-order valence-corrected chi connectivity index (χ4v) is 3.35. The lowest BCUT2D eigenvalue weighted by Crippen LogP contribution is -2.17. The fourth-order valence-electron chi connectivity index (χ4n) is 2.77. The number of hydrogen-bond donors (Lipinski definition) is 2. The van der Waals surface area contributed by atoms with Gasteiger partial charge in [0, 0.05) is 29.4 Å². The van der Waals surface area contributed by atoms with Gasteiger partial charge in [0.1, 0.15) is 12.1 Å². The molecule has 0 saturated heterocycles. The SMILES string of the molecule is C=C/C=C\C(=C)C(C)Nc1ncnc2ccc(-c3cnc(Cl)c(NSC)c3)cc12. The summed E-state index contributed by atoms with van der Waals surface area (Å²) in [6.45, 7) is 9.83. The van der Waals surface area contributed by atoms with Crippen molar-refractivity contribution in [1.82, 2.24) is 15.0 Å². The van der Waals surface area contributed by atoms with Crippen LogP contribution in [-0.2, 0) is 0 Å². The highest BCUT2D eigenvalue weighted by atomic mass is 35.5. The Morgan fingerprint density at radius 3 is 2.79 bits per heavy atom. The van der Waals surface area contributed by atoms with E-state index in [2.05, 4.69) is 44.2 Å². The molecule has 2 heterocycles. The Balaban J connectivity index is 1.98. The van der Waals surface area contributed by atoms with Crippen LogP contribution in [0.2, 0.25) is 5.15 Å². The minimum absolute atomic E-state index is 0.00235. The summed E-state index contributed by atoms with van der Waals surface area (Å²) in [5.74, 6) is 0.752. The molecule has 0 aliphatic heterocycles. The lowest BCUT2D eigenvalue weighted by molar-refractivity contribution is 0.944. The molecular weight excluding hydrogens is 402 g/mol. The first-order chi connectivity index (χ1) is 14.0. The Bertz CT molecular complexity index is 1080. The van der Waals surface area contributed by atoms with E-state index < -0.39 is 0 Å². The van der Waals surface area contributed by atoms with Crippen LogP contribution >= 0.6 is 23.5 Å². The van der Waals surface area contributed by atoms with Crippen LogP contribution in [0.15, 0.2) is 73.7 Å². The molecule has 1 unspecified atom stereocenters. The smallest absolute Gasteiger partial charge is 0.152 e. The number of halogens is 1. The summed E-state index contributed by atoms with van der Waals surface area (Å²) in [5.41, 5.74) is 4.52. The second-order valence-corrected chi connectivity index (χ2v) is 7.33. The molecule has 0 amide bonds. The van der Waals surface area contributed by atoms with Crippen LogP contribution < -0.4 is 10.0 Å². The normalized spacial score (nSPS) is 12.1. The number of pyridine rings is 1. The summed E-state index contributed by atoms with van der Waals surface area (Å²) >= 11 is 7.64. The summed E-state index contributed by atoms with van der Waals surface area (Å²) < 4.78 is 3.15. The van der Waals surface area contributed by atoms with Crippen LogP contribution in [0.25, 0.3) is 22.0 Å². The van der Waals surface area contributed by atoms with Crippen LogP contribution in [0.5, 0.6) is 0 Å². The summed E-state index contributed by atoms with van der Waals surface area (Å²) in [5, 5.41) is 4.79. The first kappa shape index (κ1) is 20.9. The zero-order valence-electron chi connectivity index (χ0n) is 16.3. The summed E-state index contributed by atoms with van der Waals surface area (Å²) in [6.07, 6.45) is 10.8. The Morgan fingerprint density at radius 1 is 1.21 bits per heavy atom. The highest BCUT2D eigenvalue weighted by molar-refractivity contribution is 7.99. The van der Waals surface area contributed by atoms with Crippen molar-refractivity contribution >= 4 is 46.0 Å². The van der Waals surface area contributed by atoms with Crippen LogP contribution in [0.4, 0.5) is 11.5 Å². The third-order valence-corrected chi connectivity index (χ3v) is 5.10. The molecular formula is C22H22ClN5S. The number of benzene rings is 1. The van der Waals surface area contributed by atoms with Gasteiger partial charge in [0.2, 0.25) is 0 Å². The first-order valence-electron chi connectivity index (χ1n) is 8.97. The monoisotopic (exact) mass is 423 g/mol. The van der Waals surface area contributed by atoms with Crippen LogP contribution in [0, 0.1) is 0 Å². The molecule has 0 aliphatic rings. The van der Waals surface area contributed by atoms with E-state index in [9.17, 15) is 0 Å². The van der Waals surface area contributed by atoms with Gasteiger partial charge in [-0.3, -0.25) is 0 Å². The molecule has 148 valence electrons. The number of hydrogen-bond acceptors (Lipinski definition) is 6. The lowest BCUT2D eigenvalue weighted by atomic mass is 10.0. The number of nitrogens with zero attached hydrogens (tertiary/aromatic N) is 3. The molecule has 1 aromatic carbocycles. The Morgan fingerprint density at radius 2 is 2.03 bits per heavy atom. The van der Waals surface area contributed by atoms with E-state index in [1.165, 1.54) is 11.9 Å². The summed E-state index contributed by atoms with van der Waals surface area (Å²) in [6, 6.07) is 8.03. The second kappa shape index (κ2) is 9.58. The maximum Gasteiger partial charge on any atom is 0.152 e. The minimum Gasteiger partial charge on any atom is -0.363 e. The molecule has 0 aliphatic carbocycles. The van der Waals surface area contributed by atoms with E-state index >= 15 is 0 Å². The average Bonchev–Trinajstić information content (AvgIpc) is 2.73. The van der Waals surface area contributed by atoms with Gasteiger partial charge < -0.3 is 10.0 Å². The molecule has 0 saturated carbocycles. The molecule has 0 fully saturated rings. The van der Waals surface area contributed by atoms with Crippen LogP contribution in [-0.4, -0.2) is 27.2 Å². The molecule has 2 aromatic heterocycles. The Labute approximate surface area is 180 Å². The quantitative estimate of drug-likeness (QED) is 0.258. The number of fused-ring (bicyclic) bond motifs is 1. The molecule has 0 bridgehead atoms. The molecule has 2 N–H and O–H groups in total. The molecule has 7 heteroatoms. The predicted molar refractivity (Wildman–Crippen MR) is 126 cm³/mol. The largest absolute Gasteiger partial charge is 0.363 e. The Hall–Kier alpha value is -2.83. The third kappa shape index (κ3) is 4.96. The maximum atomic E-state index is 6.17. The standard InChI is InChI=1S/C22H22ClN5S/c1-5-6-7-14(2)15(3)27-22-18-10-16(8-9-19(18)25-13-26-22)17-11-20(28-29-4)21(23)24-12-17/h5-13,15,28H,1-2H2,3-4H3,(H,25,26,27)/b7-6-. The number of allylic oxidation sites excluding steroid dienone is 2. The van der Waals surface area contributed by atoms with E-state index in [-0.39, 0.29) is 6.04 Å². The summed E-state index contributed by atoms with van der Waals surface area (Å²) in [7, 11) is 0. The lowest BCUT2D eigenvalue weighted by Gasteiger charge is -2.16. The highest BCUT2D eigenvalue weighted by Crippen LogP contribution is 2.31. The van der Waals surface area contributed by atoms with Gasteiger partial charge >= 0.3 is 0 Å². The van der Waals surface area contributed by atoms with E-state index in [1.807, 2.05) is 43.5 Å². The fraction of sp³-hybridized carbons (Fsp3) is 0.136. The third-order valence-electron chi connectivity index (χ3n) is 4.38. The zero-order chi connectivity index (χ0) is 20.8. The van der Waals surface area contributed by atoms with E-state index in [0.29, 0.717) is 5.15 Å². The van der Waals surface area contributed by atoms with Crippen LogP contribution in [0.1, 0.15) is 6.92 Å². The van der Waals surface area contributed by atoms with Gasteiger partial charge in [-0.1, -0.05) is 61.0 Å². The van der Waals surface area contributed by atoms with E-state index in [1.54, 1.807) is 18.6 Å². The minimum atomic E-state index is 0.00235. The van der Waals surface area contributed by atoms with Crippen molar-refractivity contribution in [3.8, 4) is 11.1 Å². The van der Waals surface area contributed by atoms with Crippen molar-refractivity contribution in [1.29, 1.82) is 0 Å². The first-order valence-corrected chi connectivity index (χ1v) is 10.6. The van der Waals surface area contributed by atoms with Gasteiger partial charge in [-0.25, -0.2) is 15.0 Å². The van der Waals surface area contributed by atoms with Gasteiger partial charge in [0.15, 0.2) is 5.15 Å². The topological polar surface area (TPSA) is 62.7 Å². The Kier molecular flexibility index (Phi) is 6.90. The number of rotatable bonds is 8. The molecule has 29 heavy (non-hydrogen) atoms. The van der Waals surface area contributed by atoms with Crippen molar-refractivity contribution in [3.63, 3.8) is 0 Å². The molecule has 0 spiro atoms. The molecule has 5 nitrogen and oxygen atoms in total. The van der Waals surface area contributed by atoms with E-state index in [0.717, 1.165) is 39.1 Å². The number of anilines is 2. The van der Waals surface area contributed by atoms with Gasteiger partial charge in [0.25, 0.3) is 0 Å². The van der Waals surface area contributed by atoms with Gasteiger partial charge in [-0.05, 0) is 36.3 Å². The zero-order valence-corrected chi connectivity index (χ0v) is 17.9.